The summed E-state index contributed by atoms with van der Waals surface area (Å²) in [6.07, 6.45) is 1.02. The quantitative estimate of drug-likeness (QED) is 0.786. The molecule has 0 aromatic heterocycles. The minimum atomic E-state index is -0.435. The van der Waals surface area contributed by atoms with Crippen LogP contribution in [0.2, 0.25) is 0 Å². The highest BCUT2D eigenvalue weighted by molar-refractivity contribution is 5.77. The van der Waals surface area contributed by atoms with E-state index in [0.29, 0.717) is 18.6 Å². The normalized spacial score (nSPS) is 24.2. The van der Waals surface area contributed by atoms with Crippen molar-refractivity contribution >= 4 is 5.97 Å². The average molecular weight is 262 g/mol. The van der Waals surface area contributed by atoms with Crippen LogP contribution in [0.3, 0.4) is 0 Å². The number of rotatable bonds is 3. The maximum Gasteiger partial charge on any atom is 0.311 e. The molecule has 4 heteroatoms. The predicted molar refractivity (Wildman–Crippen MR) is 69.2 cm³/mol. The lowest BCUT2D eigenvalue weighted by Gasteiger charge is -2.21. The second-order valence-electron chi connectivity index (χ2n) is 5.77. The van der Waals surface area contributed by atoms with Gasteiger partial charge < -0.3 is 14.2 Å². The standard InChI is InChI=1S/C15H18O4/c1-15(2,14(16)17-3)11-7-10(11)9-4-5-12-13(6-9)19-8-18-12/h4-6,10-11H,7-8H2,1-3H3. The van der Waals surface area contributed by atoms with Gasteiger partial charge in [-0.25, -0.2) is 0 Å². The highest BCUT2D eigenvalue weighted by Crippen LogP contribution is 2.58. The van der Waals surface area contributed by atoms with Gasteiger partial charge in [-0.15, -0.1) is 0 Å². The molecule has 3 rings (SSSR count). The molecule has 0 bridgehead atoms. The molecule has 2 unspecified atom stereocenters. The molecule has 1 aromatic carbocycles. The SMILES string of the molecule is COC(=O)C(C)(C)C1CC1c1ccc2c(c1)OCO2. The minimum Gasteiger partial charge on any atom is -0.469 e. The Balaban J connectivity index is 1.78. The summed E-state index contributed by atoms with van der Waals surface area (Å²) in [5, 5.41) is 0. The van der Waals surface area contributed by atoms with Crippen LogP contribution in [0.25, 0.3) is 0 Å². The van der Waals surface area contributed by atoms with Crippen molar-refractivity contribution in [1.82, 2.24) is 0 Å². The summed E-state index contributed by atoms with van der Waals surface area (Å²) in [7, 11) is 1.45. The molecule has 0 N–H and O–H groups in total. The number of benzene rings is 1. The summed E-state index contributed by atoms with van der Waals surface area (Å²) in [5.74, 6) is 2.21. The topological polar surface area (TPSA) is 44.8 Å². The van der Waals surface area contributed by atoms with Crippen LogP contribution in [-0.4, -0.2) is 19.9 Å². The monoisotopic (exact) mass is 262 g/mol. The van der Waals surface area contributed by atoms with Gasteiger partial charge in [0.05, 0.1) is 12.5 Å². The molecule has 0 radical (unpaired) electrons. The van der Waals surface area contributed by atoms with Crippen molar-refractivity contribution in [3.8, 4) is 11.5 Å². The Morgan fingerprint density at radius 3 is 2.79 bits per heavy atom. The zero-order valence-corrected chi connectivity index (χ0v) is 11.4. The highest BCUT2D eigenvalue weighted by atomic mass is 16.7. The van der Waals surface area contributed by atoms with Crippen LogP contribution in [0.15, 0.2) is 18.2 Å². The molecular formula is C15H18O4. The Morgan fingerprint density at radius 2 is 2.05 bits per heavy atom. The van der Waals surface area contributed by atoms with Crippen LogP contribution in [0.1, 0.15) is 31.7 Å². The van der Waals surface area contributed by atoms with E-state index in [1.54, 1.807) is 0 Å². The van der Waals surface area contributed by atoms with Crippen LogP contribution in [0, 0.1) is 11.3 Å². The highest BCUT2D eigenvalue weighted by Gasteiger charge is 2.52. The summed E-state index contributed by atoms with van der Waals surface area (Å²) in [5.41, 5.74) is 0.779. The first kappa shape index (κ1) is 12.3. The summed E-state index contributed by atoms with van der Waals surface area (Å²) in [4.78, 5) is 11.8. The molecule has 2 aliphatic rings. The summed E-state index contributed by atoms with van der Waals surface area (Å²) in [6.45, 7) is 4.20. The second kappa shape index (κ2) is 4.15. The third kappa shape index (κ3) is 1.95. The van der Waals surface area contributed by atoms with E-state index in [2.05, 4.69) is 6.07 Å². The number of fused-ring (bicyclic) bond motifs is 1. The van der Waals surface area contributed by atoms with E-state index in [-0.39, 0.29) is 5.97 Å². The van der Waals surface area contributed by atoms with Crippen LogP contribution in [-0.2, 0) is 9.53 Å². The largest absolute Gasteiger partial charge is 0.469 e. The van der Waals surface area contributed by atoms with Gasteiger partial charge in [0.1, 0.15) is 0 Å². The molecule has 0 saturated heterocycles. The Morgan fingerprint density at radius 1 is 1.32 bits per heavy atom. The minimum absolute atomic E-state index is 0.138. The second-order valence-corrected chi connectivity index (χ2v) is 5.77. The molecule has 1 aliphatic heterocycles. The van der Waals surface area contributed by atoms with Crippen molar-refractivity contribution in [2.75, 3.05) is 13.9 Å². The third-order valence-electron chi connectivity index (χ3n) is 4.25. The number of carbonyl (C=O) groups is 1. The van der Waals surface area contributed by atoms with E-state index in [9.17, 15) is 4.79 Å². The molecule has 1 aromatic rings. The molecule has 102 valence electrons. The fourth-order valence-corrected chi connectivity index (χ4v) is 2.92. The molecule has 0 spiro atoms. The van der Waals surface area contributed by atoms with Crippen molar-refractivity contribution in [2.45, 2.75) is 26.2 Å². The molecule has 1 aliphatic carbocycles. The first-order valence-electron chi connectivity index (χ1n) is 6.52. The predicted octanol–water partition coefficient (Wildman–Crippen LogP) is 2.72. The van der Waals surface area contributed by atoms with Crippen molar-refractivity contribution in [3.05, 3.63) is 23.8 Å². The molecule has 1 heterocycles. The van der Waals surface area contributed by atoms with E-state index in [0.717, 1.165) is 17.9 Å². The van der Waals surface area contributed by atoms with Crippen LogP contribution in [0.5, 0.6) is 11.5 Å². The fraction of sp³-hybridized carbons (Fsp3) is 0.533. The van der Waals surface area contributed by atoms with Gasteiger partial charge in [-0.2, -0.15) is 0 Å². The first-order valence-corrected chi connectivity index (χ1v) is 6.52. The van der Waals surface area contributed by atoms with Gasteiger partial charge in [0.15, 0.2) is 11.5 Å². The Kier molecular flexibility index (Phi) is 2.69. The van der Waals surface area contributed by atoms with Crippen molar-refractivity contribution in [1.29, 1.82) is 0 Å². The lowest BCUT2D eigenvalue weighted by atomic mass is 9.85. The zero-order chi connectivity index (χ0) is 13.6. The lowest BCUT2D eigenvalue weighted by Crippen LogP contribution is -2.28. The third-order valence-corrected chi connectivity index (χ3v) is 4.25. The number of hydrogen-bond acceptors (Lipinski definition) is 4. The van der Waals surface area contributed by atoms with Gasteiger partial charge in [-0.05, 0) is 49.8 Å². The number of hydrogen-bond donors (Lipinski definition) is 0. The molecule has 1 fully saturated rings. The van der Waals surface area contributed by atoms with Crippen molar-refractivity contribution < 1.29 is 19.0 Å². The Labute approximate surface area is 112 Å². The summed E-state index contributed by atoms with van der Waals surface area (Å²) in [6, 6.07) is 6.03. The molecule has 19 heavy (non-hydrogen) atoms. The van der Waals surface area contributed by atoms with Gasteiger partial charge in [-0.1, -0.05) is 6.07 Å². The summed E-state index contributed by atoms with van der Waals surface area (Å²) < 4.78 is 15.6. The lowest BCUT2D eigenvalue weighted by molar-refractivity contribution is -0.152. The van der Waals surface area contributed by atoms with Gasteiger partial charge in [0.25, 0.3) is 0 Å². The fourth-order valence-electron chi connectivity index (χ4n) is 2.92. The smallest absolute Gasteiger partial charge is 0.311 e. The van der Waals surface area contributed by atoms with Crippen molar-refractivity contribution in [2.24, 2.45) is 11.3 Å². The number of ether oxygens (including phenoxy) is 3. The van der Waals surface area contributed by atoms with E-state index < -0.39 is 5.41 Å². The first-order chi connectivity index (χ1) is 9.04. The van der Waals surface area contributed by atoms with Gasteiger partial charge >= 0.3 is 5.97 Å². The summed E-state index contributed by atoms with van der Waals surface area (Å²) >= 11 is 0. The van der Waals surface area contributed by atoms with Gasteiger partial charge in [0.2, 0.25) is 6.79 Å². The zero-order valence-electron chi connectivity index (χ0n) is 11.4. The maximum atomic E-state index is 11.8. The van der Waals surface area contributed by atoms with Crippen molar-refractivity contribution in [3.63, 3.8) is 0 Å². The molecular weight excluding hydrogens is 244 g/mol. The maximum absolute atomic E-state index is 11.8. The number of esters is 1. The molecule has 2 atom stereocenters. The van der Waals surface area contributed by atoms with Crippen LogP contribution >= 0.6 is 0 Å². The van der Waals surface area contributed by atoms with Gasteiger partial charge in [0, 0.05) is 0 Å². The van der Waals surface area contributed by atoms with E-state index in [1.165, 1.54) is 12.7 Å². The molecule has 1 saturated carbocycles. The van der Waals surface area contributed by atoms with E-state index >= 15 is 0 Å². The van der Waals surface area contributed by atoms with Crippen LogP contribution < -0.4 is 9.47 Å². The Bertz CT molecular complexity index is 521. The molecule has 4 nitrogen and oxygen atoms in total. The van der Waals surface area contributed by atoms with E-state index in [1.807, 2.05) is 26.0 Å². The Hall–Kier alpha value is -1.71. The van der Waals surface area contributed by atoms with Gasteiger partial charge in [-0.3, -0.25) is 4.79 Å². The van der Waals surface area contributed by atoms with Crippen LogP contribution in [0.4, 0.5) is 0 Å². The van der Waals surface area contributed by atoms with E-state index in [4.69, 9.17) is 14.2 Å². The number of carbonyl (C=O) groups excluding carboxylic acids is 1. The average Bonchev–Trinajstić information content (AvgIpc) is 3.09. The number of methoxy groups -OCH3 is 1. The molecule has 0 amide bonds.